The number of H-pyrrole nitrogens is 1. The molecule has 34 heavy (non-hydrogen) atoms. The van der Waals surface area contributed by atoms with Crippen molar-refractivity contribution in [2.75, 3.05) is 0 Å². The molecule has 10 heteroatoms. The maximum Gasteiger partial charge on any atom is 0.342 e. The van der Waals surface area contributed by atoms with E-state index in [4.69, 9.17) is 16.3 Å². The minimum Gasteiger partial charge on any atom is -0.487 e. The number of benzene rings is 3. The first kappa shape index (κ1) is 25.0. The molecule has 0 aliphatic carbocycles. The van der Waals surface area contributed by atoms with Crippen molar-refractivity contribution in [3.8, 4) is 17.1 Å². The average molecular weight is 716 g/mol. The van der Waals surface area contributed by atoms with E-state index in [2.05, 4.69) is 60.4 Å². The number of ether oxygens (including phenoxy) is 1. The quantitative estimate of drug-likeness (QED) is 0.115. The number of aromatic amines is 1. The Hall–Kier alpha value is -2.09. The van der Waals surface area contributed by atoms with Gasteiger partial charge >= 0.3 is 5.97 Å². The van der Waals surface area contributed by atoms with Crippen molar-refractivity contribution in [3.05, 3.63) is 94.9 Å². The molecule has 0 spiro atoms. The third kappa shape index (κ3) is 6.52. The molecule has 2 N–H and O–H groups in total. The number of carbonyl (C=O) groups is 1. The summed E-state index contributed by atoms with van der Waals surface area (Å²) in [6, 6.07) is 20.9. The molecule has 0 aliphatic heterocycles. The van der Waals surface area contributed by atoms with Crippen LogP contribution in [0.1, 0.15) is 11.1 Å². The molecule has 3 aromatic carbocycles. The van der Waals surface area contributed by atoms with Gasteiger partial charge in [0.1, 0.15) is 17.3 Å². The first-order valence-corrected chi connectivity index (χ1v) is 13.2. The van der Waals surface area contributed by atoms with Gasteiger partial charge in [0.15, 0.2) is 5.82 Å². The Kier molecular flexibility index (Phi) is 8.51. The van der Waals surface area contributed by atoms with Gasteiger partial charge in [0.2, 0.25) is 5.16 Å². The highest BCUT2D eigenvalue weighted by molar-refractivity contribution is 14.1. The highest BCUT2D eigenvalue weighted by atomic mass is 127. The van der Waals surface area contributed by atoms with Crippen LogP contribution in [0, 0.1) is 7.14 Å². The molecule has 4 rings (SSSR count). The number of thioether (sulfide) groups is 1. The van der Waals surface area contributed by atoms with Crippen LogP contribution >= 0.6 is 68.5 Å². The number of aromatic nitrogens is 3. The van der Waals surface area contributed by atoms with Gasteiger partial charge < -0.3 is 9.84 Å². The van der Waals surface area contributed by atoms with Crippen LogP contribution in [-0.4, -0.2) is 26.3 Å². The van der Waals surface area contributed by atoms with E-state index in [0.717, 1.165) is 41.3 Å². The van der Waals surface area contributed by atoms with Crippen molar-refractivity contribution in [3.63, 3.8) is 0 Å². The van der Waals surface area contributed by atoms with Crippen molar-refractivity contribution in [1.29, 1.82) is 0 Å². The zero-order chi connectivity index (χ0) is 24.1. The first-order chi connectivity index (χ1) is 16.4. The lowest BCUT2D eigenvalue weighted by Crippen LogP contribution is -2.00. The predicted octanol–water partition coefficient (Wildman–Crippen LogP) is 7.13. The summed E-state index contributed by atoms with van der Waals surface area (Å²) in [4.78, 5) is 16.4. The van der Waals surface area contributed by atoms with Crippen molar-refractivity contribution >= 4 is 80.6 Å². The molecule has 0 unspecified atom stereocenters. The maximum atomic E-state index is 11.9. The van der Waals surface area contributed by atoms with Crippen molar-refractivity contribution in [2.45, 2.75) is 11.8 Å². The molecule has 0 atom stereocenters. The molecule has 4 aromatic rings. The van der Waals surface area contributed by atoms with Gasteiger partial charge in [0.05, 0.1) is 7.14 Å². The van der Waals surface area contributed by atoms with Gasteiger partial charge in [-0.05, 0) is 111 Å². The fourth-order valence-electron chi connectivity index (χ4n) is 2.94. The molecule has 6 nitrogen and oxygen atoms in total. The highest BCUT2D eigenvalue weighted by Crippen LogP contribution is 2.33. The molecule has 0 aliphatic rings. The van der Waals surface area contributed by atoms with Gasteiger partial charge in [-0.1, -0.05) is 41.9 Å². The summed E-state index contributed by atoms with van der Waals surface area (Å²) in [6.45, 7) is 0.457. The number of rotatable bonds is 8. The fraction of sp³-hybridized carbons (Fsp3) is 0.0417. The largest absolute Gasteiger partial charge is 0.487 e. The molecule has 172 valence electrons. The van der Waals surface area contributed by atoms with E-state index in [1.54, 1.807) is 18.2 Å². The number of nitrogens with one attached hydrogen (secondary N) is 1. The smallest absolute Gasteiger partial charge is 0.342 e. The van der Waals surface area contributed by atoms with Crippen LogP contribution in [-0.2, 0) is 11.4 Å². The minimum absolute atomic E-state index is 0.103. The second kappa shape index (κ2) is 11.6. The van der Waals surface area contributed by atoms with Crippen LogP contribution in [0.4, 0.5) is 0 Å². The SMILES string of the molecule is O=C(O)/C(=C/c1cc(I)c(OCc2ccccc2)c(I)c1)Sc1n[nH]c(-c2ccc(Cl)cc2)n1. The third-order valence-corrected chi connectivity index (χ3v) is 7.27. The summed E-state index contributed by atoms with van der Waals surface area (Å²) >= 11 is 11.3. The molecule has 1 heterocycles. The minimum atomic E-state index is -1.06. The molecular weight excluding hydrogens is 700 g/mol. The number of carboxylic acids is 1. The number of hydrogen-bond donors (Lipinski definition) is 2. The molecule has 0 bridgehead atoms. The zero-order valence-electron chi connectivity index (χ0n) is 17.3. The number of halogens is 3. The normalized spacial score (nSPS) is 11.4. The number of aliphatic carboxylic acids is 1. The van der Waals surface area contributed by atoms with Crippen LogP contribution < -0.4 is 4.74 Å². The van der Waals surface area contributed by atoms with Gasteiger partial charge in [-0.2, -0.15) is 0 Å². The predicted molar refractivity (Wildman–Crippen MR) is 151 cm³/mol. The first-order valence-electron chi connectivity index (χ1n) is 9.86. The average Bonchev–Trinajstić information content (AvgIpc) is 3.28. The molecule has 1 aromatic heterocycles. The van der Waals surface area contributed by atoms with Crippen molar-refractivity contribution in [1.82, 2.24) is 15.2 Å². The highest BCUT2D eigenvalue weighted by Gasteiger charge is 2.16. The van der Waals surface area contributed by atoms with Crippen LogP contribution in [0.15, 0.2) is 76.8 Å². The second-order valence-corrected chi connectivity index (χ2v) is 10.7. The zero-order valence-corrected chi connectivity index (χ0v) is 23.2. The molecule has 0 radical (unpaired) electrons. The summed E-state index contributed by atoms with van der Waals surface area (Å²) in [7, 11) is 0. The van der Waals surface area contributed by atoms with E-state index in [9.17, 15) is 9.90 Å². The molecule has 0 saturated carbocycles. The Morgan fingerprint density at radius 3 is 2.41 bits per heavy atom. The lowest BCUT2D eigenvalue weighted by atomic mass is 10.2. The summed E-state index contributed by atoms with van der Waals surface area (Å²) < 4.78 is 7.81. The molecule has 0 saturated heterocycles. The van der Waals surface area contributed by atoms with Crippen molar-refractivity contribution < 1.29 is 14.6 Å². The Bertz CT molecular complexity index is 1320. The number of nitrogens with zero attached hydrogens (tertiary/aromatic N) is 2. The van der Waals surface area contributed by atoms with Gasteiger partial charge in [0.25, 0.3) is 0 Å². The Balaban J connectivity index is 1.52. The summed E-state index contributed by atoms with van der Waals surface area (Å²) in [5, 5.41) is 17.7. The van der Waals surface area contributed by atoms with Gasteiger partial charge in [-0.3, -0.25) is 5.10 Å². The second-order valence-electron chi connectivity index (χ2n) is 6.98. The Labute approximate surface area is 232 Å². The van der Waals surface area contributed by atoms with Gasteiger partial charge in [0, 0.05) is 10.6 Å². The van der Waals surface area contributed by atoms with E-state index < -0.39 is 5.97 Å². The number of carboxylic acid groups (broad SMARTS) is 1. The van der Waals surface area contributed by atoms with Crippen LogP contribution in [0.3, 0.4) is 0 Å². The van der Waals surface area contributed by atoms with Gasteiger partial charge in [-0.15, -0.1) is 5.10 Å². The number of hydrogen-bond acceptors (Lipinski definition) is 5. The summed E-state index contributed by atoms with van der Waals surface area (Å²) in [6.07, 6.45) is 1.61. The fourth-order valence-corrected chi connectivity index (χ4v) is 5.90. The van der Waals surface area contributed by atoms with E-state index in [0.29, 0.717) is 22.6 Å². The van der Waals surface area contributed by atoms with E-state index >= 15 is 0 Å². The van der Waals surface area contributed by atoms with E-state index in [1.807, 2.05) is 54.6 Å². The molecule has 0 fully saturated rings. The Morgan fingerprint density at radius 2 is 1.76 bits per heavy atom. The summed E-state index contributed by atoms with van der Waals surface area (Å²) in [5.74, 6) is 0.249. The van der Waals surface area contributed by atoms with Crippen LogP contribution in [0.2, 0.25) is 5.02 Å². The lowest BCUT2D eigenvalue weighted by Gasteiger charge is -2.12. The van der Waals surface area contributed by atoms with E-state index in [-0.39, 0.29) is 4.91 Å². The monoisotopic (exact) mass is 715 g/mol. The van der Waals surface area contributed by atoms with Gasteiger partial charge in [-0.25, -0.2) is 9.78 Å². The lowest BCUT2D eigenvalue weighted by molar-refractivity contribution is -0.131. The maximum absolute atomic E-state index is 11.9. The third-order valence-electron chi connectivity index (χ3n) is 4.54. The molecule has 0 amide bonds. The van der Waals surface area contributed by atoms with Crippen molar-refractivity contribution in [2.24, 2.45) is 0 Å². The summed E-state index contributed by atoms with van der Waals surface area (Å²) in [5.41, 5.74) is 2.63. The molecular formula is C24H16ClI2N3O3S. The van der Waals surface area contributed by atoms with Crippen LogP contribution in [0.5, 0.6) is 5.75 Å². The topological polar surface area (TPSA) is 88.1 Å². The van der Waals surface area contributed by atoms with Crippen LogP contribution in [0.25, 0.3) is 17.5 Å². The Morgan fingerprint density at radius 1 is 1.09 bits per heavy atom. The van der Waals surface area contributed by atoms with E-state index in [1.165, 1.54) is 0 Å². The standard InChI is InChI=1S/C24H16ClI2N3O3S/c25-17-8-6-16(7-9-17)22-28-24(30-29-22)34-20(23(31)32)12-15-10-18(26)21(19(27)11-15)33-13-14-4-2-1-3-5-14/h1-12H,13H2,(H,31,32)(H,28,29,30)/b20-12-.